The van der Waals surface area contributed by atoms with E-state index in [9.17, 15) is 9.59 Å². The van der Waals surface area contributed by atoms with Gasteiger partial charge in [-0.2, -0.15) is 0 Å². The molecule has 1 aromatic carbocycles. The van der Waals surface area contributed by atoms with Crippen molar-refractivity contribution in [3.8, 4) is 0 Å². The van der Waals surface area contributed by atoms with Gasteiger partial charge in [0.05, 0.1) is 23.0 Å². The fraction of sp³-hybridized carbons (Fsp3) is 0.458. The minimum Gasteiger partial charge on any atom is -0.330 e. The van der Waals surface area contributed by atoms with E-state index in [0.29, 0.717) is 23.8 Å². The molecule has 2 aromatic heterocycles. The summed E-state index contributed by atoms with van der Waals surface area (Å²) in [5.74, 6) is 0.0355. The molecule has 31 heavy (non-hydrogen) atoms. The Labute approximate surface area is 181 Å². The number of aromatic nitrogens is 3. The van der Waals surface area contributed by atoms with Crippen LogP contribution >= 0.6 is 0 Å². The van der Waals surface area contributed by atoms with E-state index in [4.69, 9.17) is 4.98 Å². The van der Waals surface area contributed by atoms with E-state index in [1.54, 1.807) is 4.52 Å². The number of hydrogen-bond acceptors (Lipinski definition) is 4. The summed E-state index contributed by atoms with van der Waals surface area (Å²) in [6.07, 6.45) is 2.61. The average Bonchev–Trinajstić information content (AvgIpc) is 3.41. The number of hydrogen-bond donors (Lipinski definition) is 1. The molecule has 2 aliphatic rings. The first kappa shape index (κ1) is 20.0. The summed E-state index contributed by atoms with van der Waals surface area (Å²) in [7, 11) is 0. The van der Waals surface area contributed by atoms with Crippen LogP contribution in [0.4, 0.5) is 0 Å². The molecule has 1 fully saturated rings. The molecule has 1 N–H and O–H groups in total. The molecule has 0 saturated carbocycles. The van der Waals surface area contributed by atoms with Crippen LogP contribution in [0.1, 0.15) is 65.6 Å². The Hall–Kier alpha value is -2.93. The van der Waals surface area contributed by atoms with Crippen LogP contribution in [0.2, 0.25) is 0 Å². The van der Waals surface area contributed by atoms with E-state index < -0.39 is 0 Å². The van der Waals surface area contributed by atoms with Crippen molar-refractivity contribution in [3.05, 3.63) is 68.8 Å². The fourth-order valence-electron chi connectivity index (χ4n) is 4.83. The third kappa shape index (κ3) is 3.47. The zero-order chi connectivity index (χ0) is 21.7. The fourth-order valence-corrected chi connectivity index (χ4v) is 4.83. The molecule has 0 aliphatic carbocycles. The lowest BCUT2D eigenvalue weighted by Gasteiger charge is -2.30. The zero-order valence-corrected chi connectivity index (χ0v) is 18.4. The molecule has 7 nitrogen and oxygen atoms in total. The standard InChI is InChI=1S/C24H29N5O2/c1-15(2)27-12-10-19-18(14-27)24(31)29-22(25-19)13-20(26-29)21-5-4-11-28(21)23(30)17-8-6-16(3)7-9-17/h6-9,13,15,21,26H,4-5,10-12,14H2,1-3H3/t21-/m0/s1. The number of benzene rings is 1. The Morgan fingerprint density at radius 3 is 2.71 bits per heavy atom. The number of aryl methyl sites for hydroxylation is 1. The lowest BCUT2D eigenvalue weighted by molar-refractivity contribution is 0.0732. The molecule has 7 heteroatoms. The maximum absolute atomic E-state index is 13.2. The number of H-pyrrole nitrogens is 1. The number of nitrogens with zero attached hydrogens (tertiary/aromatic N) is 4. The number of nitrogens with one attached hydrogen (secondary N) is 1. The molecular weight excluding hydrogens is 390 g/mol. The first-order chi connectivity index (χ1) is 14.9. The van der Waals surface area contributed by atoms with E-state index in [1.807, 2.05) is 42.2 Å². The number of fused-ring (bicyclic) bond motifs is 2. The second kappa shape index (κ2) is 7.64. The van der Waals surface area contributed by atoms with Crippen molar-refractivity contribution < 1.29 is 4.79 Å². The van der Waals surface area contributed by atoms with Crippen molar-refractivity contribution in [1.29, 1.82) is 0 Å². The van der Waals surface area contributed by atoms with E-state index in [1.165, 1.54) is 0 Å². The Morgan fingerprint density at radius 2 is 1.97 bits per heavy atom. The molecule has 1 saturated heterocycles. The molecule has 0 bridgehead atoms. The molecule has 5 rings (SSSR count). The van der Waals surface area contributed by atoms with Gasteiger partial charge in [0, 0.05) is 43.7 Å². The van der Waals surface area contributed by atoms with Crippen LogP contribution < -0.4 is 5.56 Å². The molecule has 162 valence electrons. The lowest BCUT2D eigenvalue weighted by atomic mass is 10.1. The highest BCUT2D eigenvalue weighted by Crippen LogP contribution is 2.33. The molecule has 0 spiro atoms. The third-order valence-corrected chi connectivity index (χ3v) is 6.71. The normalized spacial score (nSPS) is 19.4. The van der Waals surface area contributed by atoms with Gasteiger partial charge in [0.2, 0.25) is 0 Å². The monoisotopic (exact) mass is 419 g/mol. The summed E-state index contributed by atoms with van der Waals surface area (Å²) in [4.78, 5) is 35.4. The molecule has 1 atom stereocenters. The molecule has 1 amide bonds. The van der Waals surface area contributed by atoms with Crippen molar-refractivity contribution in [1.82, 2.24) is 24.4 Å². The third-order valence-electron chi connectivity index (χ3n) is 6.71. The summed E-state index contributed by atoms with van der Waals surface area (Å²) in [5.41, 5.74) is 5.03. The van der Waals surface area contributed by atoms with Crippen molar-refractivity contribution in [2.45, 2.75) is 58.7 Å². The predicted octanol–water partition coefficient (Wildman–Crippen LogP) is 3.07. The van der Waals surface area contributed by atoms with E-state index in [0.717, 1.165) is 54.9 Å². The highest BCUT2D eigenvalue weighted by Gasteiger charge is 2.32. The van der Waals surface area contributed by atoms with Gasteiger partial charge in [-0.15, -0.1) is 0 Å². The van der Waals surface area contributed by atoms with Crippen molar-refractivity contribution in [2.24, 2.45) is 0 Å². The highest BCUT2D eigenvalue weighted by molar-refractivity contribution is 5.94. The minimum atomic E-state index is -0.0703. The highest BCUT2D eigenvalue weighted by atomic mass is 16.2. The van der Waals surface area contributed by atoms with Gasteiger partial charge < -0.3 is 4.90 Å². The van der Waals surface area contributed by atoms with Crippen molar-refractivity contribution >= 4 is 11.6 Å². The Kier molecular flexibility index (Phi) is 4.93. The summed E-state index contributed by atoms with van der Waals surface area (Å²) in [6, 6.07) is 9.98. The molecule has 3 aromatic rings. The maximum atomic E-state index is 13.2. The maximum Gasteiger partial charge on any atom is 0.277 e. The quantitative estimate of drug-likeness (QED) is 0.708. The SMILES string of the molecule is Cc1ccc(C(=O)N2CCC[C@H]2c2cc3nc4c(c(=O)n3[nH]2)CN(C(C)C)CC4)cc1. The van der Waals surface area contributed by atoms with Crippen LogP contribution in [0, 0.1) is 6.92 Å². The van der Waals surface area contributed by atoms with Gasteiger partial charge in [-0.25, -0.2) is 9.50 Å². The van der Waals surface area contributed by atoms with Crippen LogP contribution in [-0.4, -0.2) is 49.4 Å². The number of amides is 1. The summed E-state index contributed by atoms with van der Waals surface area (Å²) in [5, 5.41) is 3.27. The van der Waals surface area contributed by atoms with Crippen LogP contribution in [0.3, 0.4) is 0 Å². The van der Waals surface area contributed by atoms with Gasteiger partial charge in [0.25, 0.3) is 11.5 Å². The number of rotatable bonds is 3. The Morgan fingerprint density at radius 1 is 1.19 bits per heavy atom. The molecular formula is C24H29N5O2. The van der Waals surface area contributed by atoms with E-state index in [-0.39, 0.29) is 17.5 Å². The van der Waals surface area contributed by atoms with Gasteiger partial charge in [0.15, 0.2) is 5.65 Å². The van der Waals surface area contributed by atoms with E-state index >= 15 is 0 Å². The van der Waals surface area contributed by atoms with Gasteiger partial charge in [-0.1, -0.05) is 17.7 Å². The number of carbonyl (C=O) groups excluding carboxylic acids is 1. The van der Waals surface area contributed by atoms with Gasteiger partial charge in [-0.05, 0) is 45.7 Å². The van der Waals surface area contributed by atoms with Gasteiger partial charge in [0.1, 0.15) is 0 Å². The second-order valence-electron chi connectivity index (χ2n) is 9.08. The topological polar surface area (TPSA) is 73.7 Å². The molecule has 0 unspecified atom stereocenters. The lowest BCUT2D eigenvalue weighted by Crippen LogP contribution is -2.40. The van der Waals surface area contributed by atoms with Gasteiger partial charge in [-0.3, -0.25) is 19.6 Å². The van der Waals surface area contributed by atoms with E-state index in [2.05, 4.69) is 23.8 Å². The minimum absolute atomic E-state index is 0.0222. The number of carbonyl (C=O) groups is 1. The number of likely N-dealkylation sites (tertiary alicyclic amines) is 1. The molecule has 0 radical (unpaired) electrons. The molecule has 2 aliphatic heterocycles. The van der Waals surface area contributed by atoms with Crippen LogP contribution in [0.15, 0.2) is 35.1 Å². The van der Waals surface area contributed by atoms with Crippen molar-refractivity contribution in [2.75, 3.05) is 13.1 Å². The van der Waals surface area contributed by atoms with Crippen LogP contribution in [-0.2, 0) is 13.0 Å². The number of aromatic amines is 1. The largest absolute Gasteiger partial charge is 0.330 e. The predicted molar refractivity (Wildman–Crippen MR) is 119 cm³/mol. The second-order valence-corrected chi connectivity index (χ2v) is 9.08. The first-order valence-corrected chi connectivity index (χ1v) is 11.2. The summed E-state index contributed by atoms with van der Waals surface area (Å²) < 4.78 is 1.56. The molecule has 4 heterocycles. The van der Waals surface area contributed by atoms with Gasteiger partial charge >= 0.3 is 0 Å². The summed E-state index contributed by atoms with van der Waals surface area (Å²) >= 11 is 0. The summed E-state index contributed by atoms with van der Waals surface area (Å²) in [6.45, 7) is 8.60. The zero-order valence-electron chi connectivity index (χ0n) is 18.4. The average molecular weight is 420 g/mol. The Bertz CT molecular complexity index is 1190. The van der Waals surface area contributed by atoms with Crippen LogP contribution in [0.5, 0.6) is 0 Å². The van der Waals surface area contributed by atoms with Crippen molar-refractivity contribution in [3.63, 3.8) is 0 Å². The van der Waals surface area contributed by atoms with Crippen LogP contribution in [0.25, 0.3) is 5.65 Å². The smallest absolute Gasteiger partial charge is 0.277 e. The Balaban J connectivity index is 1.49. The first-order valence-electron chi connectivity index (χ1n) is 11.2.